The molecule has 81 heavy (non-hydrogen) atoms. The van der Waals surface area contributed by atoms with Gasteiger partial charge in [0, 0.05) is 50.8 Å². The number of anilines is 9. The molecule has 2 heterocycles. The Morgan fingerprint density at radius 2 is 0.877 bits per heavy atom. The quantitative estimate of drug-likeness (QED) is 0.140. The van der Waals surface area contributed by atoms with E-state index in [0.717, 1.165) is 36.3 Å². The number of hydrogen-bond donors (Lipinski definition) is 0. The molecule has 3 nitrogen and oxygen atoms in total. The summed E-state index contributed by atoms with van der Waals surface area (Å²) >= 11 is 0. The Balaban J connectivity index is 1.22. The number of fused-ring (bicyclic) bond motifs is 6. The van der Waals surface area contributed by atoms with Crippen LogP contribution in [0.3, 0.4) is 0 Å². The average molecular weight is 1060 g/mol. The molecule has 0 unspecified atom stereocenters. The third kappa shape index (κ3) is 8.52. The van der Waals surface area contributed by atoms with Crippen molar-refractivity contribution in [1.82, 2.24) is 0 Å². The molecule has 0 atom stereocenters. The van der Waals surface area contributed by atoms with E-state index in [1.54, 1.807) is 0 Å². The summed E-state index contributed by atoms with van der Waals surface area (Å²) in [6, 6.07) is 74.9. The molecule has 4 aliphatic rings. The van der Waals surface area contributed by atoms with Crippen molar-refractivity contribution in [3.8, 4) is 11.1 Å². The van der Waals surface area contributed by atoms with E-state index in [9.17, 15) is 0 Å². The van der Waals surface area contributed by atoms with Crippen molar-refractivity contribution in [2.45, 2.75) is 149 Å². The summed E-state index contributed by atoms with van der Waals surface area (Å²) in [6.07, 6.45) is 3.37. The normalized spacial score (nSPS) is 16.9. The Morgan fingerprint density at radius 1 is 0.395 bits per heavy atom. The second-order valence-electron chi connectivity index (χ2n) is 28.5. The maximum atomic E-state index is 2.72. The molecule has 9 aromatic carbocycles. The zero-order chi connectivity index (χ0) is 56.8. The molecule has 13 rings (SSSR count). The summed E-state index contributed by atoms with van der Waals surface area (Å²) in [6.45, 7) is 33.9. The second kappa shape index (κ2) is 18.5. The summed E-state index contributed by atoms with van der Waals surface area (Å²) in [5.41, 5.74) is 27.9. The van der Waals surface area contributed by atoms with Crippen LogP contribution < -0.4 is 31.1 Å². The average Bonchev–Trinajstić information content (AvgIpc) is 2.58. The lowest BCUT2D eigenvalue weighted by Crippen LogP contribution is -2.62. The van der Waals surface area contributed by atoms with Gasteiger partial charge in [0.05, 0.1) is 11.4 Å². The van der Waals surface area contributed by atoms with Crippen LogP contribution in [0, 0.1) is 6.92 Å². The van der Waals surface area contributed by atoms with E-state index in [1.807, 2.05) is 0 Å². The summed E-state index contributed by atoms with van der Waals surface area (Å²) in [5, 5.41) is 0. The van der Waals surface area contributed by atoms with Crippen LogP contribution in [-0.4, -0.2) is 6.71 Å². The van der Waals surface area contributed by atoms with Crippen LogP contribution in [0.25, 0.3) is 11.1 Å². The minimum absolute atomic E-state index is 0.0116. The van der Waals surface area contributed by atoms with E-state index in [-0.39, 0.29) is 39.2 Å². The molecule has 0 saturated carbocycles. The fourth-order valence-electron chi connectivity index (χ4n) is 15.1. The lowest BCUT2D eigenvalue weighted by Gasteiger charge is -2.48. The lowest BCUT2D eigenvalue weighted by atomic mass is 9.33. The van der Waals surface area contributed by atoms with Crippen LogP contribution in [0.15, 0.2) is 194 Å². The lowest BCUT2D eigenvalue weighted by molar-refractivity contribution is 0.332. The highest BCUT2D eigenvalue weighted by atomic mass is 15.2. The highest BCUT2D eigenvalue weighted by Crippen LogP contribution is 2.56. The van der Waals surface area contributed by atoms with E-state index < -0.39 is 0 Å². The zero-order valence-corrected chi connectivity index (χ0v) is 50.5. The molecule has 0 N–H and O–H groups in total. The van der Waals surface area contributed by atoms with Crippen LogP contribution >= 0.6 is 0 Å². The smallest absolute Gasteiger partial charge is 0.252 e. The molecule has 0 amide bonds. The van der Waals surface area contributed by atoms with Gasteiger partial charge in [-0.2, -0.15) is 0 Å². The van der Waals surface area contributed by atoms with Crippen molar-refractivity contribution >= 4 is 74.3 Å². The van der Waals surface area contributed by atoms with E-state index >= 15 is 0 Å². The molecular formula is C77H80BN3. The summed E-state index contributed by atoms with van der Waals surface area (Å²) in [7, 11) is 0. The first-order valence-electron chi connectivity index (χ1n) is 29.9. The maximum Gasteiger partial charge on any atom is 0.252 e. The fraction of sp³-hybridized carbons (Fsp3) is 0.299. The number of nitrogens with zero attached hydrogens (tertiary/aromatic N) is 3. The van der Waals surface area contributed by atoms with Crippen molar-refractivity contribution in [2.75, 3.05) is 14.7 Å². The molecule has 2 aliphatic carbocycles. The van der Waals surface area contributed by atoms with Crippen molar-refractivity contribution in [2.24, 2.45) is 0 Å². The summed E-state index contributed by atoms with van der Waals surface area (Å²) in [4.78, 5) is 7.92. The van der Waals surface area contributed by atoms with Crippen LogP contribution in [0.1, 0.15) is 154 Å². The van der Waals surface area contributed by atoms with Gasteiger partial charge >= 0.3 is 0 Å². The second-order valence-corrected chi connectivity index (χ2v) is 28.5. The van der Waals surface area contributed by atoms with Crippen molar-refractivity contribution in [1.29, 1.82) is 0 Å². The fourth-order valence-corrected chi connectivity index (χ4v) is 15.1. The number of rotatable bonds is 8. The van der Waals surface area contributed by atoms with Gasteiger partial charge in [0.25, 0.3) is 6.71 Å². The minimum atomic E-state index is -0.283. The SMILES string of the molecule is Cc1cc2c(cc1N1c3cc(C(C)(C)c4ccccc4)ccc3B3c4cc5c(cc4N(c4ccc(C(C)(C)C)cc4-c4ccccc4)c4cc(N(c6ccccc6)c6ccccc6)cc1c43)C(C)(C)CCC5(C)C)C(C)(C)CC2(C)C. The van der Waals surface area contributed by atoms with E-state index in [2.05, 4.69) is 306 Å². The molecule has 4 heteroatoms. The van der Waals surface area contributed by atoms with Crippen molar-refractivity contribution < 1.29 is 0 Å². The molecule has 0 fully saturated rings. The highest BCUT2D eigenvalue weighted by Gasteiger charge is 2.49. The first kappa shape index (κ1) is 52.8. The number of hydrogen-bond acceptors (Lipinski definition) is 3. The molecular weight excluding hydrogens is 978 g/mol. The van der Waals surface area contributed by atoms with Gasteiger partial charge in [0.15, 0.2) is 0 Å². The van der Waals surface area contributed by atoms with Crippen molar-refractivity contribution in [3.63, 3.8) is 0 Å². The first-order valence-corrected chi connectivity index (χ1v) is 29.9. The Bertz CT molecular complexity index is 3900. The van der Waals surface area contributed by atoms with Gasteiger partial charge in [-0.1, -0.05) is 217 Å². The van der Waals surface area contributed by atoms with E-state index in [1.165, 1.54) is 106 Å². The zero-order valence-electron chi connectivity index (χ0n) is 50.5. The van der Waals surface area contributed by atoms with Crippen LogP contribution in [0.4, 0.5) is 51.2 Å². The van der Waals surface area contributed by atoms with Gasteiger partial charge in [-0.15, -0.1) is 0 Å². The predicted octanol–water partition coefficient (Wildman–Crippen LogP) is 19.1. The Kier molecular flexibility index (Phi) is 12.0. The largest absolute Gasteiger partial charge is 0.311 e. The topological polar surface area (TPSA) is 9.72 Å². The summed E-state index contributed by atoms with van der Waals surface area (Å²) in [5.74, 6) is 0. The highest BCUT2D eigenvalue weighted by molar-refractivity contribution is 7.00. The number of para-hydroxylation sites is 2. The Hall–Kier alpha value is -7.56. The molecule has 0 radical (unpaired) electrons. The Morgan fingerprint density at radius 3 is 1.46 bits per heavy atom. The molecule has 0 aromatic heterocycles. The van der Waals surface area contributed by atoms with E-state index in [0.29, 0.717) is 0 Å². The van der Waals surface area contributed by atoms with Gasteiger partial charge in [0.2, 0.25) is 0 Å². The van der Waals surface area contributed by atoms with Crippen molar-refractivity contribution in [3.05, 3.63) is 239 Å². The molecule has 0 spiro atoms. The standard InChI is InChI=1S/C77H80BN3/c1-50-41-59-62(76(11,12)49-75(59,9)10)47-66(50)81-67-43-54(77(13,14)52-29-21-16-22-30-52)35-37-63(67)78-64-46-60-61(74(7,8)40-39-73(60,5)6)48-68(64)80(65-38-36-53(72(2,3)4)42-58(65)51-27-19-15-20-28-51)69-44-57(45-70(81)71(69)78)79(55-31-23-17-24-32-55)56-33-25-18-26-34-56/h15-38,41-48H,39-40,49H2,1-14H3. The third-order valence-corrected chi connectivity index (χ3v) is 19.6. The van der Waals surface area contributed by atoms with Gasteiger partial charge in [-0.3, -0.25) is 0 Å². The molecule has 0 bridgehead atoms. The molecule has 0 saturated heterocycles. The predicted molar refractivity (Wildman–Crippen MR) is 349 cm³/mol. The van der Waals surface area contributed by atoms with Gasteiger partial charge in [-0.05, 0) is 186 Å². The monoisotopic (exact) mass is 1060 g/mol. The van der Waals surface area contributed by atoms with Gasteiger partial charge in [-0.25, -0.2) is 0 Å². The van der Waals surface area contributed by atoms with Gasteiger partial charge in [0.1, 0.15) is 0 Å². The van der Waals surface area contributed by atoms with Crippen LogP contribution in [0.5, 0.6) is 0 Å². The third-order valence-electron chi connectivity index (χ3n) is 19.6. The Labute approximate surface area is 484 Å². The van der Waals surface area contributed by atoms with Gasteiger partial charge < -0.3 is 14.7 Å². The maximum absolute atomic E-state index is 2.72. The number of aryl methyl sites for hydroxylation is 1. The van der Waals surface area contributed by atoms with Crippen LogP contribution in [0.2, 0.25) is 0 Å². The van der Waals surface area contributed by atoms with E-state index in [4.69, 9.17) is 0 Å². The van der Waals surface area contributed by atoms with Crippen LogP contribution in [-0.2, 0) is 32.5 Å². The molecule has 9 aromatic rings. The minimum Gasteiger partial charge on any atom is -0.311 e. The molecule has 406 valence electrons. The summed E-state index contributed by atoms with van der Waals surface area (Å²) < 4.78 is 0. The first-order chi connectivity index (χ1) is 38.4. The number of benzene rings is 9. The molecule has 2 aliphatic heterocycles.